The van der Waals surface area contributed by atoms with Gasteiger partial charge in [0.25, 0.3) is 0 Å². The van der Waals surface area contributed by atoms with E-state index in [2.05, 4.69) is 76.0 Å². The summed E-state index contributed by atoms with van der Waals surface area (Å²) in [6.45, 7) is 6.25. The SMILES string of the molecule is CCCc1cnc(-c2ccc(-c3ccc(C#Cc4c(F)cc(CCc5ccc(C)cc5)cc4CC)nc3)nc2)nc1. The van der Waals surface area contributed by atoms with Gasteiger partial charge in [0.1, 0.15) is 11.5 Å². The van der Waals surface area contributed by atoms with Gasteiger partial charge in [0.2, 0.25) is 0 Å². The fourth-order valence-electron chi connectivity index (χ4n) is 4.70. The summed E-state index contributed by atoms with van der Waals surface area (Å²) >= 11 is 0. The van der Waals surface area contributed by atoms with E-state index in [0.29, 0.717) is 23.5 Å². The summed E-state index contributed by atoms with van der Waals surface area (Å²) in [5, 5.41) is 0. The smallest absolute Gasteiger partial charge is 0.160 e. The summed E-state index contributed by atoms with van der Waals surface area (Å²) in [6, 6.07) is 19.9. The van der Waals surface area contributed by atoms with Gasteiger partial charge < -0.3 is 0 Å². The number of hydrogen-bond donors (Lipinski definition) is 0. The van der Waals surface area contributed by atoms with Gasteiger partial charge in [-0.25, -0.2) is 19.3 Å². The maximum atomic E-state index is 15.1. The number of halogens is 1. The van der Waals surface area contributed by atoms with E-state index in [0.717, 1.165) is 59.2 Å². The van der Waals surface area contributed by atoms with E-state index >= 15 is 4.39 Å². The average molecular weight is 541 g/mol. The predicted octanol–water partition coefficient (Wildman–Crippen LogP) is 7.75. The van der Waals surface area contributed by atoms with Crippen molar-refractivity contribution in [2.24, 2.45) is 0 Å². The molecule has 5 rings (SSSR count). The van der Waals surface area contributed by atoms with Crippen molar-refractivity contribution in [2.75, 3.05) is 0 Å². The van der Waals surface area contributed by atoms with Gasteiger partial charge in [0.15, 0.2) is 5.82 Å². The van der Waals surface area contributed by atoms with Crippen LogP contribution in [-0.4, -0.2) is 19.9 Å². The molecule has 41 heavy (non-hydrogen) atoms. The molecule has 0 aliphatic rings. The van der Waals surface area contributed by atoms with Crippen molar-refractivity contribution < 1.29 is 4.39 Å². The number of hydrogen-bond acceptors (Lipinski definition) is 4. The third-order valence-electron chi connectivity index (χ3n) is 7.08. The zero-order valence-corrected chi connectivity index (χ0v) is 23.8. The summed E-state index contributed by atoms with van der Waals surface area (Å²) in [4.78, 5) is 18.0. The third kappa shape index (κ3) is 7.10. The van der Waals surface area contributed by atoms with Crippen LogP contribution in [0.4, 0.5) is 4.39 Å². The molecule has 3 aromatic heterocycles. The molecule has 0 saturated carbocycles. The summed E-state index contributed by atoms with van der Waals surface area (Å²) in [7, 11) is 0. The molecular formula is C36H33FN4. The average Bonchev–Trinajstić information content (AvgIpc) is 3.01. The van der Waals surface area contributed by atoms with Gasteiger partial charge in [0, 0.05) is 35.9 Å². The van der Waals surface area contributed by atoms with Crippen molar-refractivity contribution in [3.8, 4) is 34.5 Å². The summed E-state index contributed by atoms with van der Waals surface area (Å²) < 4.78 is 15.1. The molecule has 0 fully saturated rings. The highest BCUT2D eigenvalue weighted by Crippen LogP contribution is 2.21. The second kappa shape index (κ2) is 13.1. The maximum Gasteiger partial charge on any atom is 0.160 e. The van der Waals surface area contributed by atoms with Crippen LogP contribution in [0.15, 0.2) is 85.5 Å². The van der Waals surface area contributed by atoms with Gasteiger partial charge in [-0.05, 0) is 91.1 Å². The number of rotatable bonds is 8. The lowest BCUT2D eigenvalue weighted by atomic mass is 9.97. The largest absolute Gasteiger partial charge is 0.255 e. The van der Waals surface area contributed by atoms with Crippen molar-refractivity contribution in [3.63, 3.8) is 0 Å². The molecule has 0 aliphatic heterocycles. The van der Waals surface area contributed by atoms with Crippen LogP contribution in [0.3, 0.4) is 0 Å². The number of aromatic nitrogens is 4. The predicted molar refractivity (Wildman–Crippen MR) is 163 cm³/mol. The molecule has 0 saturated heterocycles. The first-order valence-corrected chi connectivity index (χ1v) is 14.1. The van der Waals surface area contributed by atoms with Gasteiger partial charge in [-0.2, -0.15) is 0 Å². The molecule has 0 spiro atoms. The molecule has 0 unspecified atom stereocenters. The summed E-state index contributed by atoms with van der Waals surface area (Å²) in [5.74, 6) is 6.46. The fourth-order valence-corrected chi connectivity index (χ4v) is 4.70. The maximum absolute atomic E-state index is 15.1. The molecule has 5 aromatic rings. The summed E-state index contributed by atoms with van der Waals surface area (Å²) in [5.41, 5.74) is 9.10. The minimum absolute atomic E-state index is 0.277. The van der Waals surface area contributed by atoms with Crippen molar-refractivity contribution in [2.45, 2.75) is 52.9 Å². The molecule has 4 nitrogen and oxygen atoms in total. The molecule has 0 aliphatic carbocycles. The lowest BCUT2D eigenvalue weighted by Gasteiger charge is -2.09. The highest BCUT2D eigenvalue weighted by molar-refractivity contribution is 5.63. The van der Waals surface area contributed by atoms with Gasteiger partial charge in [-0.3, -0.25) is 4.98 Å². The number of benzene rings is 2. The minimum atomic E-state index is -0.277. The molecule has 0 amide bonds. The van der Waals surface area contributed by atoms with Crippen LogP contribution >= 0.6 is 0 Å². The van der Waals surface area contributed by atoms with Gasteiger partial charge >= 0.3 is 0 Å². The second-order valence-corrected chi connectivity index (χ2v) is 10.2. The monoisotopic (exact) mass is 540 g/mol. The van der Waals surface area contributed by atoms with E-state index in [1.54, 1.807) is 18.5 Å². The Bertz CT molecular complexity index is 1660. The zero-order valence-electron chi connectivity index (χ0n) is 23.8. The molecule has 3 heterocycles. The van der Waals surface area contributed by atoms with Crippen LogP contribution in [-0.2, 0) is 25.7 Å². The van der Waals surface area contributed by atoms with E-state index in [9.17, 15) is 0 Å². The van der Waals surface area contributed by atoms with Crippen LogP contribution in [0.1, 0.15) is 59.3 Å². The van der Waals surface area contributed by atoms with Gasteiger partial charge in [-0.15, -0.1) is 0 Å². The molecule has 2 aromatic carbocycles. The van der Waals surface area contributed by atoms with Crippen molar-refractivity contribution in [1.29, 1.82) is 0 Å². The van der Waals surface area contributed by atoms with Crippen LogP contribution in [0.2, 0.25) is 0 Å². The first-order valence-electron chi connectivity index (χ1n) is 14.1. The lowest BCUT2D eigenvalue weighted by Crippen LogP contribution is -1.99. The molecule has 0 atom stereocenters. The third-order valence-corrected chi connectivity index (χ3v) is 7.08. The standard InChI is InChI=1S/C36H33FN4/c1-4-6-28-21-40-36(41-22-28)31-14-18-35(39-24-31)30-13-15-32(38-23-30)16-17-33-29(5-2)19-27(20-34(33)37)12-11-26-9-7-25(3)8-10-26/h7-10,13-15,18-24H,4-6,11-12H2,1-3H3. The first kappa shape index (κ1) is 27.9. The van der Waals surface area contributed by atoms with E-state index in [4.69, 9.17) is 0 Å². The molecule has 204 valence electrons. The lowest BCUT2D eigenvalue weighted by molar-refractivity contribution is 0.619. The number of nitrogens with zero attached hydrogens (tertiary/aromatic N) is 4. The van der Waals surface area contributed by atoms with Crippen LogP contribution in [0.5, 0.6) is 0 Å². The van der Waals surface area contributed by atoms with Crippen molar-refractivity contribution in [1.82, 2.24) is 19.9 Å². The van der Waals surface area contributed by atoms with Crippen LogP contribution in [0.25, 0.3) is 22.6 Å². The quantitative estimate of drug-likeness (QED) is 0.189. The Labute approximate surface area is 241 Å². The Morgan fingerprint density at radius 2 is 1.39 bits per heavy atom. The van der Waals surface area contributed by atoms with E-state index < -0.39 is 0 Å². The minimum Gasteiger partial charge on any atom is -0.255 e. The highest BCUT2D eigenvalue weighted by Gasteiger charge is 2.09. The Morgan fingerprint density at radius 1 is 0.659 bits per heavy atom. The van der Waals surface area contributed by atoms with Gasteiger partial charge in [0.05, 0.1) is 11.3 Å². The van der Waals surface area contributed by atoms with E-state index in [1.807, 2.05) is 43.6 Å². The normalized spacial score (nSPS) is 10.7. The van der Waals surface area contributed by atoms with E-state index in [-0.39, 0.29) is 5.82 Å². The molecule has 5 heteroatoms. The molecule has 0 N–H and O–H groups in total. The Kier molecular flexibility index (Phi) is 8.91. The Balaban J connectivity index is 1.27. The number of pyridine rings is 2. The van der Waals surface area contributed by atoms with Gasteiger partial charge in [-0.1, -0.05) is 62.1 Å². The second-order valence-electron chi connectivity index (χ2n) is 10.2. The first-order chi connectivity index (χ1) is 20.0. The van der Waals surface area contributed by atoms with Crippen LogP contribution < -0.4 is 0 Å². The number of aryl methyl sites for hydroxylation is 5. The van der Waals surface area contributed by atoms with E-state index in [1.165, 1.54) is 11.1 Å². The topological polar surface area (TPSA) is 51.6 Å². The molecule has 0 radical (unpaired) electrons. The highest BCUT2D eigenvalue weighted by atomic mass is 19.1. The van der Waals surface area contributed by atoms with Crippen LogP contribution in [0, 0.1) is 24.6 Å². The zero-order chi connectivity index (χ0) is 28.6. The van der Waals surface area contributed by atoms with Crippen molar-refractivity contribution >= 4 is 0 Å². The Morgan fingerprint density at radius 3 is 2.05 bits per heavy atom. The molecular weight excluding hydrogens is 507 g/mol. The van der Waals surface area contributed by atoms with Crippen molar-refractivity contribution in [3.05, 3.63) is 130 Å². The summed E-state index contributed by atoms with van der Waals surface area (Å²) in [6.07, 6.45) is 11.7. The molecule has 0 bridgehead atoms. The fraction of sp³-hybridized carbons (Fsp3) is 0.222. The Hall–Kier alpha value is -4.69.